The van der Waals surface area contributed by atoms with Gasteiger partial charge in [-0.05, 0) is 43.0 Å². The SMILES string of the molecule is CC(Cc1ccc2c(c1)CCO2)NC(C)c1ccccc1. The Morgan fingerprint density at radius 2 is 1.90 bits per heavy atom. The highest BCUT2D eigenvalue weighted by molar-refractivity contribution is 5.40. The summed E-state index contributed by atoms with van der Waals surface area (Å²) in [6.45, 7) is 5.31. The van der Waals surface area contributed by atoms with Gasteiger partial charge in [0.15, 0.2) is 0 Å². The molecule has 21 heavy (non-hydrogen) atoms. The molecule has 2 aromatic carbocycles. The van der Waals surface area contributed by atoms with Crippen LogP contribution >= 0.6 is 0 Å². The Balaban J connectivity index is 1.60. The van der Waals surface area contributed by atoms with Crippen molar-refractivity contribution in [1.29, 1.82) is 0 Å². The summed E-state index contributed by atoms with van der Waals surface area (Å²) < 4.78 is 5.57. The lowest BCUT2D eigenvalue weighted by molar-refractivity contribution is 0.357. The van der Waals surface area contributed by atoms with E-state index in [0.29, 0.717) is 12.1 Å². The lowest BCUT2D eigenvalue weighted by Crippen LogP contribution is -2.30. The number of nitrogens with one attached hydrogen (secondary N) is 1. The van der Waals surface area contributed by atoms with Gasteiger partial charge in [-0.25, -0.2) is 0 Å². The highest BCUT2D eigenvalue weighted by atomic mass is 16.5. The van der Waals surface area contributed by atoms with Gasteiger partial charge >= 0.3 is 0 Å². The molecule has 0 aromatic heterocycles. The molecular weight excluding hydrogens is 258 g/mol. The van der Waals surface area contributed by atoms with E-state index in [4.69, 9.17) is 4.74 Å². The van der Waals surface area contributed by atoms with E-state index in [-0.39, 0.29) is 0 Å². The third-order valence-electron chi connectivity index (χ3n) is 4.13. The Labute approximate surface area is 127 Å². The van der Waals surface area contributed by atoms with E-state index in [0.717, 1.165) is 25.2 Å². The second-order valence-electron chi connectivity index (χ2n) is 5.94. The zero-order chi connectivity index (χ0) is 14.7. The van der Waals surface area contributed by atoms with Crippen molar-refractivity contribution >= 4 is 0 Å². The summed E-state index contributed by atoms with van der Waals surface area (Å²) in [5, 5.41) is 3.68. The summed E-state index contributed by atoms with van der Waals surface area (Å²) in [6.07, 6.45) is 2.09. The molecule has 2 unspecified atom stereocenters. The molecule has 0 fully saturated rings. The zero-order valence-corrected chi connectivity index (χ0v) is 12.8. The molecule has 2 aromatic rings. The van der Waals surface area contributed by atoms with Crippen LogP contribution in [0.5, 0.6) is 5.75 Å². The predicted molar refractivity (Wildman–Crippen MR) is 86.8 cm³/mol. The first-order valence-electron chi connectivity index (χ1n) is 7.78. The maximum absolute atomic E-state index is 5.57. The highest BCUT2D eigenvalue weighted by Crippen LogP contribution is 2.26. The lowest BCUT2D eigenvalue weighted by Gasteiger charge is -2.20. The molecule has 0 radical (unpaired) electrons. The van der Waals surface area contributed by atoms with E-state index in [9.17, 15) is 0 Å². The molecule has 0 bridgehead atoms. The van der Waals surface area contributed by atoms with E-state index in [1.165, 1.54) is 16.7 Å². The molecule has 2 nitrogen and oxygen atoms in total. The molecule has 1 N–H and O–H groups in total. The van der Waals surface area contributed by atoms with E-state index in [2.05, 4.69) is 67.7 Å². The molecular formula is C19H23NO. The normalized spacial score (nSPS) is 16.1. The molecule has 0 saturated heterocycles. The third-order valence-corrected chi connectivity index (χ3v) is 4.13. The van der Waals surface area contributed by atoms with Gasteiger partial charge in [-0.2, -0.15) is 0 Å². The molecule has 0 saturated carbocycles. The van der Waals surface area contributed by atoms with E-state index >= 15 is 0 Å². The maximum atomic E-state index is 5.57. The number of hydrogen-bond donors (Lipinski definition) is 1. The zero-order valence-electron chi connectivity index (χ0n) is 12.8. The molecule has 110 valence electrons. The van der Waals surface area contributed by atoms with Crippen LogP contribution in [-0.2, 0) is 12.8 Å². The Morgan fingerprint density at radius 1 is 1.10 bits per heavy atom. The van der Waals surface area contributed by atoms with Crippen molar-refractivity contribution in [2.24, 2.45) is 0 Å². The quantitative estimate of drug-likeness (QED) is 0.897. The van der Waals surface area contributed by atoms with Gasteiger partial charge in [0.25, 0.3) is 0 Å². The van der Waals surface area contributed by atoms with Gasteiger partial charge < -0.3 is 10.1 Å². The average Bonchev–Trinajstić information content (AvgIpc) is 2.95. The molecule has 0 spiro atoms. The summed E-state index contributed by atoms with van der Waals surface area (Å²) in [5.41, 5.74) is 4.09. The van der Waals surface area contributed by atoms with Crippen molar-refractivity contribution in [1.82, 2.24) is 5.32 Å². The van der Waals surface area contributed by atoms with E-state index in [1.807, 2.05) is 0 Å². The van der Waals surface area contributed by atoms with Gasteiger partial charge in [0.1, 0.15) is 5.75 Å². The number of rotatable bonds is 5. The van der Waals surface area contributed by atoms with Crippen molar-refractivity contribution in [2.45, 2.75) is 38.8 Å². The second kappa shape index (κ2) is 6.31. The van der Waals surface area contributed by atoms with Gasteiger partial charge in [0.2, 0.25) is 0 Å². The topological polar surface area (TPSA) is 21.3 Å². The van der Waals surface area contributed by atoms with Crippen molar-refractivity contribution in [2.75, 3.05) is 6.61 Å². The van der Waals surface area contributed by atoms with Crippen LogP contribution in [0.25, 0.3) is 0 Å². The van der Waals surface area contributed by atoms with Gasteiger partial charge in [-0.1, -0.05) is 42.5 Å². The molecule has 1 aliphatic rings. The molecule has 3 rings (SSSR count). The summed E-state index contributed by atoms with van der Waals surface area (Å²) in [6, 6.07) is 18.0. The lowest BCUT2D eigenvalue weighted by atomic mass is 10.0. The number of ether oxygens (including phenoxy) is 1. The first-order chi connectivity index (χ1) is 10.2. The first kappa shape index (κ1) is 14.2. The summed E-state index contributed by atoms with van der Waals surface area (Å²) in [5.74, 6) is 1.07. The summed E-state index contributed by atoms with van der Waals surface area (Å²) >= 11 is 0. The van der Waals surface area contributed by atoms with E-state index < -0.39 is 0 Å². The van der Waals surface area contributed by atoms with Gasteiger partial charge in [-0.3, -0.25) is 0 Å². The minimum absolute atomic E-state index is 0.374. The van der Waals surface area contributed by atoms with Crippen LogP contribution < -0.4 is 10.1 Å². The average molecular weight is 281 g/mol. The predicted octanol–water partition coefficient (Wildman–Crippen LogP) is 3.90. The maximum Gasteiger partial charge on any atom is 0.122 e. The first-order valence-corrected chi connectivity index (χ1v) is 7.78. The monoisotopic (exact) mass is 281 g/mol. The van der Waals surface area contributed by atoms with Crippen molar-refractivity contribution in [3.63, 3.8) is 0 Å². The van der Waals surface area contributed by atoms with Crippen molar-refractivity contribution < 1.29 is 4.74 Å². The largest absolute Gasteiger partial charge is 0.493 e. The number of benzene rings is 2. The van der Waals surface area contributed by atoms with Crippen LogP contribution in [0.1, 0.15) is 36.6 Å². The van der Waals surface area contributed by atoms with Gasteiger partial charge in [-0.15, -0.1) is 0 Å². The molecule has 1 heterocycles. The minimum atomic E-state index is 0.374. The molecule has 1 aliphatic heterocycles. The van der Waals surface area contributed by atoms with Crippen LogP contribution in [0.4, 0.5) is 0 Å². The third kappa shape index (κ3) is 3.45. The standard InChI is InChI=1S/C19H23NO/c1-14(20-15(2)17-6-4-3-5-7-17)12-16-8-9-19-18(13-16)10-11-21-19/h3-9,13-15,20H,10-12H2,1-2H3. The van der Waals surface area contributed by atoms with Crippen LogP contribution in [0, 0.1) is 0 Å². The molecule has 2 atom stereocenters. The summed E-state index contributed by atoms with van der Waals surface area (Å²) in [7, 11) is 0. The fourth-order valence-electron chi connectivity index (χ4n) is 3.04. The Kier molecular flexibility index (Phi) is 4.26. The second-order valence-corrected chi connectivity index (χ2v) is 5.94. The molecule has 2 heteroatoms. The summed E-state index contributed by atoms with van der Waals surface area (Å²) in [4.78, 5) is 0. The van der Waals surface area contributed by atoms with Crippen LogP contribution in [0.2, 0.25) is 0 Å². The fraction of sp³-hybridized carbons (Fsp3) is 0.368. The van der Waals surface area contributed by atoms with Crippen LogP contribution in [-0.4, -0.2) is 12.6 Å². The van der Waals surface area contributed by atoms with Gasteiger partial charge in [0, 0.05) is 18.5 Å². The Bertz CT molecular complexity index is 594. The number of fused-ring (bicyclic) bond motifs is 1. The van der Waals surface area contributed by atoms with Crippen molar-refractivity contribution in [3.05, 3.63) is 65.2 Å². The highest BCUT2D eigenvalue weighted by Gasteiger charge is 2.14. The Morgan fingerprint density at radius 3 is 2.71 bits per heavy atom. The van der Waals surface area contributed by atoms with Crippen LogP contribution in [0.3, 0.4) is 0 Å². The Hall–Kier alpha value is -1.80. The van der Waals surface area contributed by atoms with Crippen LogP contribution in [0.15, 0.2) is 48.5 Å². The van der Waals surface area contributed by atoms with Gasteiger partial charge in [0.05, 0.1) is 6.61 Å². The van der Waals surface area contributed by atoms with E-state index in [1.54, 1.807) is 0 Å². The molecule has 0 amide bonds. The molecule has 0 aliphatic carbocycles. The fourth-order valence-corrected chi connectivity index (χ4v) is 3.04. The number of hydrogen-bond acceptors (Lipinski definition) is 2. The van der Waals surface area contributed by atoms with Crippen molar-refractivity contribution in [3.8, 4) is 5.75 Å². The smallest absolute Gasteiger partial charge is 0.122 e. The minimum Gasteiger partial charge on any atom is -0.493 e.